The third-order valence-corrected chi connectivity index (χ3v) is 6.82. The van der Waals surface area contributed by atoms with Crippen molar-refractivity contribution < 1.29 is 9.53 Å². The predicted molar refractivity (Wildman–Crippen MR) is 143 cm³/mol. The number of imidazole rings is 1. The lowest BCUT2D eigenvalue weighted by molar-refractivity contribution is 0.0377. The maximum Gasteiger partial charge on any atom is 0.408 e. The van der Waals surface area contributed by atoms with Crippen LogP contribution in [-0.2, 0) is 16.7 Å². The van der Waals surface area contributed by atoms with Gasteiger partial charge in [0.25, 0.3) is 0 Å². The molecule has 6 heteroatoms. The Kier molecular flexibility index (Phi) is 6.29. The maximum absolute atomic E-state index is 12.6. The second kappa shape index (κ2) is 9.41. The van der Waals surface area contributed by atoms with Crippen molar-refractivity contribution in [3.8, 4) is 22.5 Å². The van der Waals surface area contributed by atoms with E-state index in [-0.39, 0.29) is 11.6 Å². The van der Waals surface area contributed by atoms with E-state index in [2.05, 4.69) is 59.8 Å². The number of nitrogens with zero attached hydrogens (tertiary/aromatic N) is 3. The average molecular weight is 483 g/mol. The molecule has 1 saturated carbocycles. The van der Waals surface area contributed by atoms with E-state index >= 15 is 0 Å². The highest BCUT2D eigenvalue weighted by molar-refractivity contribution is 5.82. The van der Waals surface area contributed by atoms with Gasteiger partial charge in [-0.2, -0.15) is 5.10 Å². The zero-order valence-corrected chi connectivity index (χ0v) is 21.5. The standard InChI is InChI=1S/C30H34N4O2/c1-5-10-23-17-20-31-34-26(22-11-7-6-8-12-22)25(32-27(23)34)21-13-15-24(16-14-21)30(18-9-19-30)33-28(35)36-29(2,3)4/h6-8,11-17,20H,5,9-10,18-19H2,1-4H3,(H,33,35). The molecule has 0 aliphatic heterocycles. The van der Waals surface area contributed by atoms with E-state index in [0.717, 1.165) is 65.8 Å². The molecule has 0 saturated heterocycles. The van der Waals surface area contributed by atoms with Gasteiger partial charge in [0.15, 0.2) is 5.65 Å². The van der Waals surface area contributed by atoms with Gasteiger partial charge in [0.05, 0.1) is 11.2 Å². The Balaban J connectivity index is 1.54. The summed E-state index contributed by atoms with van der Waals surface area (Å²) >= 11 is 0. The molecule has 2 heterocycles. The second-order valence-electron chi connectivity index (χ2n) is 10.7. The van der Waals surface area contributed by atoms with Crippen molar-refractivity contribution in [3.63, 3.8) is 0 Å². The lowest BCUT2D eigenvalue weighted by atomic mass is 9.71. The number of hydrogen-bond acceptors (Lipinski definition) is 4. The number of rotatable bonds is 6. The molecular weight excluding hydrogens is 448 g/mol. The quantitative estimate of drug-likeness (QED) is 0.324. The summed E-state index contributed by atoms with van der Waals surface area (Å²) in [5.41, 5.74) is 6.29. The Morgan fingerprint density at radius 1 is 1.03 bits per heavy atom. The second-order valence-corrected chi connectivity index (χ2v) is 10.7. The largest absolute Gasteiger partial charge is 0.444 e. The van der Waals surface area contributed by atoms with Gasteiger partial charge in [-0.3, -0.25) is 0 Å². The van der Waals surface area contributed by atoms with Gasteiger partial charge < -0.3 is 10.1 Å². The minimum absolute atomic E-state index is 0.368. The zero-order chi connectivity index (χ0) is 25.3. The van der Waals surface area contributed by atoms with Gasteiger partial charge in [-0.05, 0) is 63.6 Å². The van der Waals surface area contributed by atoms with Crippen molar-refractivity contribution >= 4 is 11.7 Å². The van der Waals surface area contributed by atoms with E-state index in [4.69, 9.17) is 9.72 Å². The minimum Gasteiger partial charge on any atom is -0.444 e. The van der Waals surface area contributed by atoms with E-state index in [1.54, 1.807) is 0 Å². The highest BCUT2D eigenvalue weighted by Gasteiger charge is 2.41. The summed E-state index contributed by atoms with van der Waals surface area (Å²) in [5, 5.41) is 7.83. The van der Waals surface area contributed by atoms with Crippen molar-refractivity contribution in [1.82, 2.24) is 19.9 Å². The van der Waals surface area contributed by atoms with E-state index in [1.807, 2.05) is 49.7 Å². The van der Waals surface area contributed by atoms with Crippen LogP contribution < -0.4 is 5.32 Å². The predicted octanol–water partition coefficient (Wildman–Crippen LogP) is 6.92. The van der Waals surface area contributed by atoms with Crippen LogP contribution in [-0.4, -0.2) is 26.3 Å². The summed E-state index contributed by atoms with van der Waals surface area (Å²) in [6.45, 7) is 7.83. The van der Waals surface area contributed by atoms with Gasteiger partial charge in [0.1, 0.15) is 11.3 Å². The van der Waals surface area contributed by atoms with Crippen molar-refractivity contribution in [1.29, 1.82) is 0 Å². The molecular formula is C30H34N4O2. The molecule has 1 N–H and O–H groups in total. The van der Waals surface area contributed by atoms with Gasteiger partial charge in [0, 0.05) is 17.3 Å². The molecule has 1 fully saturated rings. The van der Waals surface area contributed by atoms with E-state index in [9.17, 15) is 4.79 Å². The first-order valence-electron chi connectivity index (χ1n) is 12.8. The number of hydrogen-bond donors (Lipinski definition) is 1. The number of nitrogens with one attached hydrogen (secondary N) is 1. The monoisotopic (exact) mass is 482 g/mol. The topological polar surface area (TPSA) is 68.5 Å². The summed E-state index contributed by atoms with van der Waals surface area (Å²) in [5.74, 6) is 0. The first-order chi connectivity index (χ1) is 17.3. The van der Waals surface area contributed by atoms with Crippen molar-refractivity contribution in [2.45, 2.75) is 70.9 Å². The smallest absolute Gasteiger partial charge is 0.408 e. The maximum atomic E-state index is 12.6. The molecule has 6 nitrogen and oxygen atoms in total. The van der Waals surface area contributed by atoms with Gasteiger partial charge in [-0.15, -0.1) is 0 Å². The van der Waals surface area contributed by atoms with Gasteiger partial charge in [-0.25, -0.2) is 14.3 Å². The lowest BCUT2D eigenvalue weighted by Gasteiger charge is -2.43. The van der Waals surface area contributed by atoms with Gasteiger partial charge >= 0.3 is 6.09 Å². The van der Waals surface area contributed by atoms with Crippen LogP contribution in [0.4, 0.5) is 4.79 Å². The van der Waals surface area contributed by atoms with Crippen molar-refractivity contribution in [2.75, 3.05) is 0 Å². The third-order valence-electron chi connectivity index (χ3n) is 6.82. The van der Waals surface area contributed by atoms with Crippen molar-refractivity contribution in [2.24, 2.45) is 0 Å². The van der Waals surface area contributed by atoms with Crippen LogP contribution in [0.15, 0.2) is 66.9 Å². The van der Waals surface area contributed by atoms with Crippen LogP contribution >= 0.6 is 0 Å². The number of aromatic nitrogens is 3. The molecule has 36 heavy (non-hydrogen) atoms. The lowest BCUT2D eigenvalue weighted by Crippen LogP contribution is -2.52. The Hall–Kier alpha value is -3.67. The van der Waals surface area contributed by atoms with E-state index in [0.29, 0.717) is 0 Å². The Morgan fingerprint density at radius 2 is 1.75 bits per heavy atom. The average Bonchev–Trinajstić information content (AvgIpc) is 3.22. The first kappa shape index (κ1) is 24.0. The van der Waals surface area contributed by atoms with Crippen LogP contribution in [0.2, 0.25) is 0 Å². The molecule has 1 amide bonds. The highest BCUT2D eigenvalue weighted by atomic mass is 16.6. The molecule has 0 unspecified atom stereocenters. The molecule has 2 aromatic heterocycles. The summed E-state index contributed by atoms with van der Waals surface area (Å²) in [7, 11) is 0. The SMILES string of the molecule is CCCc1ccnn2c(-c3ccccc3)c(-c3ccc(C4(NC(=O)OC(C)(C)C)CCC4)cc3)nc12. The normalized spacial score (nSPS) is 14.9. The summed E-state index contributed by atoms with van der Waals surface area (Å²) < 4.78 is 7.52. The molecule has 2 aromatic carbocycles. The van der Waals surface area contributed by atoms with E-state index < -0.39 is 5.60 Å². The molecule has 4 aromatic rings. The van der Waals surface area contributed by atoms with Crippen LogP contribution in [0.3, 0.4) is 0 Å². The summed E-state index contributed by atoms with van der Waals surface area (Å²) in [4.78, 5) is 17.7. The molecule has 186 valence electrons. The molecule has 0 bridgehead atoms. The molecule has 0 radical (unpaired) electrons. The number of aryl methyl sites for hydroxylation is 1. The minimum atomic E-state index is -0.527. The summed E-state index contributed by atoms with van der Waals surface area (Å²) in [6, 6.07) is 20.8. The Morgan fingerprint density at radius 3 is 2.36 bits per heavy atom. The number of carbonyl (C=O) groups is 1. The Labute approximate surface area is 212 Å². The third kappa shape index (κ3) is 4.60. The number of fused-ring (bicyclic) bond motifs is 1. The Bertz CT molecular complexity index is 1360. The highest BCUT2D eigenvalue weighted by Crippen LogP contribution is 2.42. The molecule has 1 aliphatic rings. The molecule has 1 aliphatic carbocycles. The molecule has 0 spiro atoms. The van der Waals surface area contributed by atoms with Gasteiger partial charge in [-0.1, -0.05) is 67.9 Å². The van der Waals surface area contributed by atoms with Crippen LogP contribution in [0.25, 0.3) is 28.2 Å². The summed E-state index contributed by atoms with van der Waals surface area (Å²) in [6.07, 6.45) is 6.38. The number of amides is 1. The van der Waals surface area contributed by atoms with E-state index in [1.165, 1.54) is 5.56 Å². The number of benzene rings is 2. The number of ether oxygens (including phenoxy) is 1. The molecule has 0 atom stereocenters. The van der Waals surface area contributed by atoms with Crippen LogP contribution in [0, 0.1) is 0 Å². The fourth-order valence-electron chi connectivity index (χ4n) is 4.98. The van der Waals surface area contributed by atoms with Crippen molar-refractivity contribution in [3.05, 3.63) is 78.0 Å². The van der Waals surface area contributed by atoms with Crippen LogP contribution in [0.5, 0.6) is 0 Å². The number of alkyl carbamates (subject to hydrolysis) is 1. The zero-order valence-electron chi connectivity index (χ0n) is 21.5. The fraction of sp³-hybridized carbons (Fsp3) is 0.367. The number of carbonyl (C=O) groups excluding carboxylic acids is 1. The first-order valence-corrected chi connectivity index (χ1v) is 12.8. The van der Waals surface area contributed by atoms with Crippen LogP contribution in [0.1, 0.15) is 64.5 Å². The molecule has 5 rings (SSSR count). The van der Waals surface area contributed by atoms with Gasteiger partial charge in [0.2, 0.25) is 0 Å². The fourth-order valence-corrected chi connectivity index (χ4v) is 4.98.